The predicted molar refractivity (Wildman–Crippen MR) is 114 cm³/mol. The third kappa shape index (κ3) is 7.45. The standard InChI is InChI=1S/C21H34N2O4S/c1-5-6-10-14-27-23(18(13-15-28-4)21(25)26-3)20(24)19(22)16(2)17-11-8-7-9-12-17/h7-9,11-12,16,18-19H,5-6,10,13-15,22H2,1-4H3/t16-,18-,19?/m0/s1. The fraction of sp³-hybridized carbons (Fsp3) is 0.619. The van der Waals surface area contributed by atoms with Gasteiger partial charge in [-0.1, -0.05) is 57.0 Å². The van der Waals surface area contributed by atoms with E-state index in [-0.39, 0.29) is 5.92 Å². The van der Waals surface area contributed by atoms with Gasteiger partial charge in [0.25, 0.3) is 5.91 Å². The van der Waals surface area contributed by atoms with Crippen molar-refractivity contribution in [2.45, 2.75) is 57.5 Å². The number of amides is 1. The van der Waals surface area contributed by atoms with E-state index in [1.165, 1.54) is 12.2 Å². The monoisotopic (exact) mass is 410 g/mol. The van der Waals surface area contributed by atoms with Crippen LogP contribution in [0.1, 0.15) is 51.0 Å². The van der Waals surface area contributed by atoms with Gasteiger partial charge in [-0.05, 0) is 30.4 Å². The molecule has 0 aliphatic heterocycles. The number of esters is 1. The molecule has 6 nitrogen and oxygen atoms in total. The van der Waals surface area contributed by atoms with E-state index in [1.54, 1.807) is 11.8 Å². The predicted octanol–water partition coefficient (Wildman–Crippen LogP) is 3.36. The van der Waals surface area contributed by atoms with Gasteiger partial charge in [-0.2, -0.15) is 11.8 Å². The molecule has 0 radical (unpaired) electrons. The Balaban J connectivity index is 3.02. The molecule has 0 aliphatic rings. The highest BCUT2D eigenvalue weighted by atomic mass is 32.2. The Morgan fingerprint density at radius 1 is 1.21 bits per heavy atom. The first-order valence-electron chi connectivity index (χ1n) is 9.81. The minimum absolute atomic E-state index is 0.214. The van der Waals surface area contributed by atoms with Crippen molar-refractivity contribution in [3.63, 3.8) is 0 Å². The Morgan fingerprint density at radius 3 is 2.46 bits per heavy atom. The van der Waals surface area contributed by atoms with Gasteiger partial charge in [0.1, 0.15) is 0 Å². The largest absolute Gasteiger partial charge is 0.467 e. The lowest BCUT2D eigenvalue weighted by molar-refractivity contribution is -0.210. The van der Waals surface area contributed by atoms with E-state index in [2.05, 4.69) is 6.92 Å². The first kappa shape index (κ1) is 24.5. The number of ether oxygens (including phenoxy) is 1. The first-order valence-corrected chi connectivity index (χ1v) is 11.2. The van der Waals surface area contributed by atoms with Crippen LogP contribution in [0.5, 0.6) is 0 Å². The second-order valence-corrected chi connectivity index (χ2v) is 7.74. The molecule has 0 aromatic heterocycles. The molecule has 0 bridgehead atoms. The number of hydrogen-bond acceptors (Lipinski definition) is 6. The zero-order chi connectivity index (χ0) is 20.9. The van der Waals surface area contributed by atoms with Crippen molar-refractivity contribution in [2.24, 2.45) is 5.73 Å². The van der Waals surface area contributed by atoms with E-state index in [9.17, 15) is 9.59 Å². The Bertz CT molecular complexity index is 585. The fourth-order valence-corrected chi connectivity index (χ4v) is 3.30. The summed E-state index contributed by atoms with van der Waals surface area (Å²) in [6.45, 7) is 4.36. The average molecular weight is 411 g/mol. The van der Waals surface area contributed by atoms with Crippen LogP contribution in [0.2, 0.25) is 0 Å². The van der Waals surface area contributed by atoms with Gasteiger partial charge >= 0.3 is 5.97 Å². The van der Waals surface area contributed by atoms with Crippen molar-refractivity contribution in [1.82, 2.24) is 5.06 Å². The minimum atomic E-state index is -0.824. The van der Waals surface area contributed by atoms with Crippen LogP contribution in [0, 0.1) is 0 Å². The third-order valence-corrected chi connectivity index (χ3v) is 5.34. The van der Waals surface area contributed by atoms with Crippen LogP contribution in [0.4, 0.5) is 0 Å². The van der Waals surface area contributed by atoms with Crippen molar-refractivity contribution in [3.8, 4) is 0 Å². The van der Waals surface area contributed by atoms with Gasteiger partial charge < -0.3 is 10.5 Å². The van der Waals surface area contributed by atoms with Gasteiger partial charge in [0.05, 0.1) is 19.8 Å². The molecule has 1 rings (SSSR count). The molecular weight excluding hydrogens is 376 g/mol. The maximum absolute atomic E-state index is 13.2. The molecular formula is C21H34N2O4S. The summed E-state index contributed by atoms with van der Waals surface area (Å²) >= 11 is 1.60. The number of rotatable bonds is 13. The SMILES string of the molecule is CCCCCON(C(=O)C(N)[C@@H](C)c1ccccc1)[C@@H](CCSC)C(=O)OC. The number of unbranched alkanes of at least 4 members (excludes halogenated alkanes) is 2. The normalized spacial score (nSPS) is 14.2. The molecule has 0 saturated carbocycles. The lowest BCUT2D eigenvalue weighted by Crippen LogP contribution is -2.53. The molecule has 0 fully saturated rings. The molecule has 7 heteroatoms. The number of nitrogens with zero attached hydrogens (tertiary/aromatic N) is 1. The molecule has 0 saturated heterocycles. The van der Waals surface area contributed by atoms with Crippen LogP contribution in [0.15, 0.2) is 30.3 Å². The topological polar surface area (TPSA) is 81.9 Å². The van der Waals surface area contributed by atoms with Gasteiger partial charge in [0.15, 0.2) is 6.04 Å². The summed E-state index contributed by atoms with van der Waals surface area (Å²) in [5.74, 6) is -0.401. The molecule has 0 spiro atoms. The minimum Gasteiger partial charge on any atom is -0.467 e. The van der Waals surface area contributed by atoms with Crippen LogP contribution in [-0.4, -0.2) is 54.7 Å². The average Bonchev–Trinajstić information content (AvgIpc) is 2.74. The van der Waals surface area contributed by atoms with E-state index >= 15 is 0 Å². The zero-order valence-electron chi connectivity index (χ0n) is 17.4. The number of thioether (sulfide) groups is 1. The van der Waals surface area contributed by atoms with Crippen LogP contribution in [-0.2, 0) is 19.2 Å². The van der Waals surface area contributed by atoms with Gasteiger partial charge in [-0.25, -0.2) is 9.86 Å². The smallest absolute Gasteiger partial charge is 0.331 e. The van der Waals surface area contributed by atoms with E-state index in [0.717, 1.165) is 24.8 Å². The Kier molecular flexibility index (Phi) is 11.9. The fourth-order valence-electron chi connectivity index (χ4n) is 2.84. The maximum Gasteiger partial charge on any atom is 0.331 e. The molecule has 1 aromatic carbocycles. The van der Waals surface area contributed by atoms with Crippen LogP contribution >= 0.6 is 11.8 Å². The summed E-state index contributed by atoms with van der Waals surface area (Å²) in [6.07, 6.45) is 5.22. The van der Waals surface area contributed by atoms with Crippen molar-refractivity contribution in [1.29, 1.82) is 0 Å². The molecule has 158 valence electrons. The lowest BCUT2D eigenvalue weighted by atomic mass is 9.93. The van der Waals surface area contributed by atoms with Gasteiger partial charge in [-0.15, -0.1) is 0 Å². The highest BCUT2D eigenvalue weighted by molar-refractivity contribution is 7.98. The van der Waals surface area contributed by atoms with Gasteiger partial charge in [-0.3, -0.25) is 9.63 Å². The van der Waals surface area contributed by atoms with Crippen molar-refractivity contribution in [2.75, 3.05) is 25.7 Å². The van der Waals surface area contributed by atoms with E-state index in [4.69, 9.17) is 15.3 Å². The van der Waals surface area contributed by atoms with E-state index in [1.807, 2.05) is 43.5 Å². The Labute approximate surface area is 173 Å². The number of benzene rings is 1. The summed E-state index contributed by atoms with van der Waals surface area (Å²) < 4.78 is 4.93. The summed E-state index contributed by atoms with van der Waals surface area (Å²) in [6, 6.07) is 8.00. The second-order valence-electron chi connectivity index (χ2n) is 6.75. The van der Waals surface area contributed by atoms with Crippen LogP contribution in [0.25, 0.3) is 0 Å². The molecule has 1 aromatic rings. The first-order chi connectivity index (χ1) is 13.5. The van der Waals surface area contributed by atoms with Crippen molar-refractivity contribution >= 4 is 23.6 Å². The molecule has 0 heterocycles. The number of nitrogens with two attached hydrogens (primary N) is 1. The van der Waals surface area contributed by atoms with Crippen LogP contribution in [0.3, 0.4) is 0 Å². The Morgan fingerprint density at radius 2 is 1.89 bits per heavy atom. The quantitative estimate of drug-likeness (QED) is 0.305. The summed E-state index contributed by atoms with van der Waals surface area (Å²) in [7, 11) is 1.32. The van der Waals surface area contributed by atoms with Crippen molar-refractivity contribution < 1.29 is 19.2 Å². The highest BCUT2D eigenvalue weighted by Crippen LogP contribution is 2.21. The number of methoxy groups -OCH3 is 1. The number of carbonyl (C=O) groups is 2. The molecule has 1 unspecified atom stereocenters. The van der Waals surface area contributed by atoms with Crippen LogP contribution < -0.4 is 5.73 Å². The Hall–Kier alpha value is -1.57. The van der Waals surface area contributed by atoms with Crippen molar-refractivity contribution in [3.05, 3.63) is 35.9 Å². The highest BCUT2D eigenvalue weighted by Gasteiger charge is 2.36. The maximum atomic E-state index is 13.2. The molecule has 0 aliphatic carbocycles. The van der Waals surface area contributed by atoms with E-state index in [0.29, 0.717) is 18.8 Å². The number of carbonyl (C=O) groups excluding carboxylic acids is 2. The molecule has 28 heavy (non-hydrogen) atoms. The molecule has 3 atom stereocenters. The zero-order valence-corrected chi connectivity index (χ0v) is 18.2. The van der Waals surface area contributed by atoms with E-state index < -0.39 is 24.0 Å². The second kappa shape index (κ2) is 13.6. The summed E-state index contributed by atoms with van der Waals surface area (Å²) in [4.78, 5) is 31.4. The molecule has 2 N–H and O–H groups in total. The van der Waals surface area contributed by atoms with Gasteiger partial charge in [0, 0.05) is 5.92 Å². The summed E-state index contributed by atoms with van der Waals surface area (Å²) in [5, 5.41) is 1.17. The number of hydrogen-bond donors (Lipinski definition) is 1. The molecule has 1 amide bonds. The lowest BCUT2D eigenvalue weighted by Gasteiger charge is -2.32. The van der Waals surface area contributed by atoms with Gasteiger partial charge in [0.2, 0.25) is 0 Å². The third-order valence-electron chi connectivity index (χ3n) is 4.70. The number of hydroxylamine groups is 2. The summed E-state index contributed by atoms with van der Waals surface area (Å²) in [5.41, 5.74) is 7.27.